The van der Waals surface area contributed by atoms with Crippen LogP contribution in [0.15, 0.2) is 0 Å². The number of carbonyl (C=O) groups is 1. The number of ether oxygens (including phenoxy) is 1. The van der Waals surface area contributed by atoms with Gasteiger partial charge in [0.05, 0.1) is 31.7 Å². The van der Waals surface area contributed by atoms with Gasteiger partial charge in [-0.3, -0.25) is 9.69 Å². The van der Waals surface area contributed by atoms with Gasteiger partial charge in [-0.1, -0.05) is 13.8 Å². The average Bonchev–Trinajstić information content (AvgIpc) is 2.47. The first-order valence-corrected chi connectivity index (χ1v) is 7.27. The highest BCUT2D eigenvalue weighted by Crippen LogP contribution is 2.05. The van der Waals surface area contributed by atoms with Crippen LogP contribution in [0.4, 0.5) is 0 Å². The second-order valence-electron chi connectivity index (χ2n) is 5.46. The van der Waals surface area contributed by atoms with E-state index in [0.29, 0.717) is 19.5 Å². The third kappa shape index (κ3) is 5.45. The molecule has 2 N–H and O–H groups in total. The highest BCUT2D eigenvalue weighted by molar-refractivity contribution is 5.81. The minimum atomic E-state index is -0.488. The minimum absolute atomic E-state index is 0.0523. The van der Waals surface area contributed by atoms with E-state index in [1.54, 1.807) is 4.90 Å². The van der Waals surface area contributed by atoms with E-state index >= 15 is 0 Å². The van der Waals surface area contributed by atoms with E-state index in [1.165, 1.54) is 0 Å². The van der Waals surface area contributed by atoms with E-state index in [9.17, 15) is 4.79 Å². The topological polar surface area (TPSA) is 82.6 Å². The molecule has 0 aromatic heterocycles. The molecule has 0 aliphatic carbocycles. The molecule has 1 atom stereocenters. The zero-order valence-electron chi connectivity index (χ0n) is 12.5. The lowest BCUT2D eigenvalue weighted by Crippen LogP contribution is -2.50. The molecule has 1 fully saturated rings. The number of nitriles is 1. The molecule has 1 saturated heterocycles. The second-order valence-corrected chi connectivity index (χ2v) is 5.46. The number of morpholine rings is 1. The normalized spacial score (nSPS) is 17.8. The molecule has 1 amide bonds. The number of amides is 1. The molecule has 1 heterocycles. The lowest BCUT2D eigenvalue weighted by molar-refractivity contribution is -0.133. The van der Waals surface area contributed by atoms with Crippen molar-refractivity contribution in [2.24, 2.45) is 11.7 Å². The van der Waals surface area contributed by atoms with Crippen LogP contribution >= 0.6 is 0 Å². The molecule has 0 unspecified atom stereocenters. The van der Waals surface area contributed by atoms with Crippen LogP contribution in [0.3, 0.4) is 0 Å². The Morgan fingerprint density at radius 1 is 1.40 bits per heavy atom. The molecular weight excluding hydrogens is 256 g/mol. The molecule has 1 aliphatic rings. The largest absolute Gasteiger partial charge is 0.379 e. The van der Waals surface area contributed by atoms with Crippen LogP contribution in [-0.2, 0) is 9.53 Å². The monoisotopic (exact) mass is 282 g/mol. The highest BCUT2D eigenvalue weighted by atomic mass is 16.5. The number of carbonyl (C=O) groups excluding carboxylic acids is 1. The summed E-state index contributed by atoms with van der Waals surface area (Å²) in [6.07, 6.45) is 0.347. The van der Waals surface area contributed by atoms with Crippen molar-refractivity contribution in [2.75, 3.05) is 45.9 Å². The van der Waals surface area contributed by atoms with Crippen LogP contribution < -0.4 is 5.73 Å². The van der Waals surface area contributed by atoms with E-state index in [-0.39, 0.29) is 11.8 Å². The quantitative estimate of drug-likeness (QED) is 0.713. The first-order chi connectivity index (χ1) is 9.56. The third-order valence-corrected chi connectivity index (χ3v) is 3.60. The van der Waals surface area contributed by atoms with Gasteiger partial charge in [0, 0.05) is 32.7 Å². The molecule has 0 aromatic rings. The Labute approximate surface area is 121 Å². The molecule has 0 saturated carbocycles. The number of nitrogens with two attached hydrogens (primary N) is 1. The predicted octanol–water partition coefficient (Wildman–Crippen LogP) is 0.0442. The molecule has 114 valence electrons. The number of rotatable bonds is 7. The van der Waals surface area contributed by atoms with Gasteiger partial charge < -0.3 is 15.4 Å². The van der Waals surface area contributed by atoms with Gasteiger partial charge in [-0.05, 0) is 5.92 Å². The Hall–Kier alpha value is -1.16. The van der Waals surface area contributed by atoms with Gasteiger partial charge in [0.2, 0.25) is 5.91 Å². The Morgan fingerprint density at radius 3 is 2.60 bits per heavy atom. The van der Waals surface area contributed by atoms with Crippen molar-refractivity contribution < 1.29 is 9.53 Å². The van der Waals surface area contributed by atoms with Crippen LogP contribution in [0.25, 0.3) is 0 Å². The molecule has 0 aromatic carbocycles. The van der Waals surface area contributed by atoms with Gasteiger partial charge in [0.25, 0.3) is 0 Å². The Kier molecular flexibility index (Phi) is 7.52. The van der Waals surface area contributed by atoms with Crippen LogP contribution in [-0.4, -0.2) is 67.7 Å². The molecule has 6 heteroatoms. The van der Waals surface area contributed by atoms with E-state index in [1.807, 2.05) is 13.8 Å². The SMILES string of the molecule is CC(C)[C@@H](N)C(=O)N(CCC#N)CCN1CCOCC1. The maximum absolute atomic E-state index is 12.3. The molecule has 0 radical (unpaired) electrons. The highest BCUT2D eigenvalue weighted by Gasteiger charge is 2.24. The van der Waals surface area contributed by atoms with Gasteiger partial charge in [-0.15, -0.1) is 0 Å². The Morgan fingerprint density at radius 2 is 2.05 bits per heavy atom. The average molecular weight is 282 g/mol. The van der Waals surface area contributed by atoms with Gasteiger partial charge in [0.1, 0.15) is 0 Å². The standard InChI is InChI=1S/C14H26N4O2/c1-12(2)13(16)14(19)18(5-3-4-15)7-6-17-8-10-20-11-9-17/h12-13H,3,5-11,16H2,1-2H3/t13-/m1/s1. The van der Waals surface area contributed by atoms with E-state index in [4.69, 9.17) is 15.7 Å². The lowest BCUT2D eigenvalue weighted by Gasteiger charge is -2.31. The summed E-state index contributed by atoms with van der Waals surface area (Å²) >= 11 is 0. The van der Waals surface area contributed by atoms with Crippen LogP contribution in [0.5, 0.6) is 0 Å². The minimum Gasteiger partial charge on any atom is -0.379 e. The summed E-state index contributed by atoms with van der Waals surface area (Å²) in [6.45, 7) is 9.06. The number of hydrogen-bond acceptors (Lipinski definition) is 5. The molecule has 1 rings (SSSR count). The summed E-state index contributed by atoms with van der Waals surface area (Å²) in [5, 5.41) is 8.72. The smallest absolute Gasteiger partial charge is 0.239 e. The molecule has 0 spiro atoms. The molecule has 1 aliphatic heterocycles. The Bertz CT molecular complexity index is 335. The first-order valence-electron chi connectivity index (χ1n) is 7.27. The summed E-state index contributed by atoms with van der Waals surface area (Å²) < 4.78 is 5.30. The van der Waals surface area contributed by atoms with Gasteiger partial charge in [-0.2, -0.15) is 5.26 Å². The van der Waals surface area contributed by atoms with Gasteiger partial charge in [0.15, 0.2) is 0 Å². The third-order valence-electron chi connectivity index (χ3n) is 3.60. The zero-order chi connectivity index (χ0) is 15.0. The molecule has 0 bridgehead atoms. The van der Waals surface area contributed by atoms with Crippen LogP contribution in [0, 0.1) is 17.2 Å². The second kappa shape index (κ2) is 8.90. The van der Waals surface area contributed by atoms with Gasteiger partial charge in [-0.25, -0.2) is 0 Å². The van der Waals surface area contributed by atoms with Crippen molar-refractivity contribution in [3.63, 3.8) is 0 Å². The van der Waals surface area contributed by atoms with E-state index in [0.717, 1.165) is 32.8 Å². The van der Waals surface area contributed by atoms with Crippen molar-refractivity contribution in [1.82, 2.24) is 9.80 Å². The van der Waals surface area contributed by atoms with Crippen molar-refractivity contribution >= 4 is 5.91 Å². The number of nitrogens with zero attached hydrogens (tertiary/aromatic N) is 3. The molecule has 20 heavy (non-hydrogen) atoms. The summed E-state index contributed by atoms with van der Waals surface area (Å²) in [6, 6.07) is 1.60. The van der Waals surface area contributed by atoms with Gasteiger partial charge >= 0.3 is 0 Å². The first kappa shape index (κ1) is 16.9. The number of hydrogen-bond donors (Lipinski definition) is 1. The van der Waals surface area contributed by atoms with Crippen molar-refractivity contribution in [1.29, 1.82) is 5.26 Å². The summed E-state index contributed by atoms with van der Waals surface area (Å²) in [4.78, 5) is 16.3. The summed E-state index contributed by atoms with van der Waals surface area (Å²) in [5.74, 6) is 0.0546. The summed E-state index contributed by atoms with van der Waals surface area (Å²) in [7, 11) is 0. The van der Waals surface area contributed by atoms with E-state index in [2.05, 4.69) is 11.0 Å². The van der Waals surface area contributed by atoms with Crippen LogP contribution in [0.2, 0.25) is 0 Å². The fourth-order valence-electron chi connectivity index (χ4n) is 2.10. The fraction of sp³-hybridized carbons (Fsp3) is 0.857. The maximum Gasteiger partial charge on any atom is 0.239 e. The summed E-state index contributed by atoms with van der Waals surface area (Å²) in [5.41, 5.74) is 5.93. The van der Waals surface area contributed by atoms with Crippen molar-refractivity contribution in [3.05, 3.63) is 0 Å². The zero-order valence-corrected chi connectivity index (χ0v) is 12.5. The van der Waals surface area contributed by atoms with Crippen LogP contribution in [0.1, 0.15) is 20.3 Å². The Balaban J connectivity index is 2.50. The van der Waals surface area contributed by atoms with Crippen molar-refractivity contribution in [3.8, 4) is 6.07 Å². The van der Waals surface area contributed by atoms with Crippen molar-refractivity contribution in [2.45, 2.75) is 26.3 Å². The molecule has 6 nitrogen and oxygen atoms in total. The fourth-order valence-corrected chi connectivity index (χ4v) is 2.10. The predicted molar refractivity (Wildman–Crippen MR) is 76.9 cm³/mol. The molecular formula is C14H26N4O2. The van der Waals surface area contributed by atoms with E-state index < -0.39 is 6.04 Å². The maximum atomic E-state index is 12.3. The lowest BCUT2D eigenvalue weighted by atomic mass is 10.0.